The zero-order valence-corrected chi connectivity index (χ0v) is 55.1. The predicted octanol–water partition coefficient (Wildman–Crippen LogP) is 17.8. The molecule has 0 saturated heterocycles. The van der Waals surface area contributed by atoms with Crippen LogP contribution in [0.3, 0.4) is 0 Å². The van der Waals surface area contributed by atoms with Crippen molar-refractivity contribution >= 4 is 39.5 Å². The van der Waals surface area contributed by atoms with Gasteiger partial charge in [-0.3, -0.25) is 37.3 Å². The number of esters is 4. The van der Waals surface area contributed by atoms with E-state index in [2.05, 4.69) is 34.6 Å². The molecule has 5 atom stereocenters. The molecule has 0 heterocycles. The number of aliphatic hydroxyl groups is 1. The first kappa shape index (κ1) is 81.1. The van der Waals surface area contributed by atoms with Gasteiger partial charge in [-0.2, -0.15) is 0 Å². The van der Waals surface area contributed by atoms with Gasteiger partial charge in [0.1, 0.15) is 19.3 Å². The molecule has 0 rings (SSSR count). The van der Waals surface area contributed by atoms with Crippen molar-refractivity contribution < 1.29 is 80.2 Å². The summed E-state index contributed by atoms with van der Waals surface area (Å²) >= 11 is 0. The number of carbonyl (C=O) groups excluding carboxylic acids is 4. The smallest absolute Gasteiger partial charge is 0.462 e. The van der Waals surface area contributed by atoms with Crippen molar-refractivity contribution in [3.05, 3.63) is 0 Å². The normalized spacial score (nSPS) is 14.2. The number of hydrogen-bond acceptors (Lipinski definition) is 15. The van der Waals surface area contributed by atoms with Gasteiger partial charge in [-0.05, 0) is 31.6 Å². The van der Waals surface area contributed by atoms with E-state index in [0.29, 0.717) is 31.6 Å². The van der Waals surface area contributed by atoms with Crippen LogP contribution in [0.25, 0.3) is 0 Å². The topological polar surface area (TPSA) is 237 Å². The van der Waals surface area contributed by atoms with Crippen LogP contribution in [-0.4, -0.2) is 96.7 Å². The van der Waals surface area contributed by atoms with E-state index in [1.54, 1.807) is 0 Å². The van der Waals surface area contributed by atoms with Gasteiger partial charge in [0, 0.05) is 25.7 Å². The summed E-state index contributed by atoms with van der Waals surface area (Å²) in [5.74, 6) is -1.47. The maximum absolute atomic E-state index is 13.0. The molecule has 0 aliphatic heterocycles. The Morgan fingerprint density at radius 2 is 0.554 bits per heavy atom. The molecule has 0 fully saturated rings. The van der Waals surface area contributed by atoms with Crippen molar-refractivity contribution in [2.24, 2.45) is 5.92 Å². The number of unbranched alkanes of at least 4 members (excludes halogenated alkanes) is 36. The van der Waals surface area contributed by atoms with Gasteiger partial charge in [0.05, 0.1) is 26.4 Å². The first-order valence-corrected chi connectivity index (χ1v) is 36.6. The Morgan fingerprint density at radius 3 is 0.819 bits per heavy atom. The fourth-order valence-electron chi connectivity index (χ4n) is 9.58. The minimum absolute atomic E-state index is 0.102. The number of phosphoric ester groups is 2. The van der Waals surface area contributed by atoms with Crippen molar-refractivity contribution in [1.29, 1.82) is 0 Å². The van der Waals surface area contributed by atoms with Gasteiger partial charge < -0.3 is 33.8 Å². The summed E-state index contributed by atoms with van der Waals surface area (Å²) in [4.78, 5) is 72.1. The summed E-state index contributed by atoms with van der Waals surface area (Å²) in [6.45, 7) is 7.08. The summed E-state index contributed by atoms with van der Waals surface area (Å²) < 4.78 is 67.9. The van der Waals surface area contributed by atoms with Gasteiger partial charge in [-0.25, -0.2) is 9.13 Å². The van der Waals surface area contributed by atoms with Gasteiger partial charge >= 0.3 is 39.5 Å². The van der Waals surface area contributed by atoms with E-state index in [1.165, 1.54) is 141 Å². The van der Waals surface area contributed by atoms with Crippen molar-refractivity contribution in [1.82, 2.24) is 0 Å². The maximum Gasteiger partial charge on any atom is 0.472 e. The van der Waals surface area contributed by atoms with E-state index >= 15 is 0 Å². The van der Waals surface area contributed by atoms with Crippen LogP contribution in [0.4, 0.5) is 0 Å². The quantitative estimate of drug-likeness (QED) is 0.0222. The Bertz CT molecular complexity index is 1620. The molecule has 0 aromatic carbocycles. The molecule has 0 bridgehead atoms. The highest BCUT2D eigenvalue weighted by atomic mass is 31.2. The van der Waals surface area contributed by atoms with Crippen LogP contribution >= 0.6 is 15.6 Å². The zero-order chi connectivity index (χ0) is 61.3. The molecular formula is C64H124O17P2. The Hall–Kier alpha value is -1.94. The van der Waals surface area contributed by atoms with E-state index < -0.39 is 97.5 Å². The number of aliphatic hydroxyl groups excluding tert-OH is 1. The second-order valence-electron chi connectivity index (χ2n) is 23.6. The third-order valence-corrected chi connectivity index (χ3v) is 16.7. The molecule has 0 aliphatic carbocycles. The molecule has 83 heavy (non-hydrogen) atoms. The average Bonchev–Trinajstić information content (AvgIpc) is 3.48. The minimum Gasteiger partial charge on any atom is -0.462 e. The minimum atomic E-state index is -4.94. The Balaban J connectivity index is 5.22. The van der Waals surface area contributed by atoms with Crippen LogP contribution in [-0.2, 0) is 65.4 Å². The first-order valence-electron chi connectivity index (χ1n) is 33.6. The molecule has 0 spiro atoms. The molecule has 0 aromatic rings. The molecule has 0 amide bonds. The molecule has 19 heteroatoms. The van der Waals surface area contributed by atoms with E-state index in [0.717, 1.165) is 96.3 Å². The van der Waals surface area contributed by atoms with Crippen LogP contribution in [0, 0.1) is 5.92 Å². The van der Waals surface area contributed by atoms with Crippen molar-refractivity contribution in [2.75, 3.05) is 39.6 Å². The van der Waals surface area contributed by atoms with Crippen molar-refractivity contribution in [2.45, 2.75) is 342 Å². The van der Waals surface area contributed by atoms with Crippen molar-refractivity contribution in [3.63, 3.8) is 0 Å². The largest absolute Gasteiger partial charge is 0.472 e. The zero-order valence-electron chi connectivity index (χ0n) is 53.3. The summed E-state index contributed by atoms with van der Waals surface area (Å²) in [6, 6.07) is 0. The lowest BCUT2D eigenvalue weighted by molar-refractivity contribution is -0.161. The van der Waals surface area contributed by atoms with Gasteiger partial charge in [0.25, 0.3) is 0 Å². The van der Waals surface area contributed by atoms with Gasteiger partial charge in [-0.15, -0.1) is 0 Å². The summed E-state index contributed by atoms with van der Waals surface area (Å²) in [5, 5.41) is 10.5. The highest BCUT2D eigenvalue weighted by Crippen LogP contribution is 2.45. The lowest BCUT2D eigenvalue weighted by Gasteiger charge is -2.21. The van der Waals surface area contributed by atoms with E-state index in [4.69, 9.17) is 37.0 Å². The molecule has 3 N–H and O–H groups in total. The predicted molar refractivity (Wildman–Crippen MR) is 331 cm³/mol. The Morgan fingerprint density at radius 1 is 0.325 bits per heavy atom. The van der Waals surface area contributed by atoms with Gasteiger partial charge in [0.2, 0.25) is 0 Å². The molecule has 492 valence electrons. The standard InChI is InChI=1S/C64H124O17P2/c1-6-9-12-15-18-21-23-25-27-29-32-38-43-48-62(67)75-53-59(80-63(68)49-44-39-33-30-28-26-24-22-19-16-13-10-7-2)55-78-82(70,71)76-51-58(65)52-77-83(72,73)79-56-60(54-74-61(66)47-42-37-31-20-17-14-11-8-3)81-64(69)50-45-40-35-34-36-41-46-57(4)5/h57-60,65H,6-56H2,1-5H3,(H,70,71)(H,72,73)/t58-,59-,60-/m1/s1. The third-order valence-electron chi connectivity index (χ3n) is 14.8. The number of ether oxygens (including phenoxy) is 4. The summed E-state index contributed by atoms with van der Waals surface area (Å²) in [6.07, 6.45) is 41.8. The van der Waals surface area contributed by atoms with Crippen molar-refractivity contribution in [3.8, 4) is 0 Å². The van der Waals surface area contributed by atoms with E-state index in [1.807, 2.05) is 0 Å². The molecular weight excluding hydrogens is 1100 g/mol. The van der Waals surface area contributed by atoms with Crippen LogP contribution in [0.5, 0.6) is 0 Å². The molecule has 0 aromatic heterocycles. The van der Waals surface area contributed by atoms with Crippen LogP contribution < -0.4 is 0 Å². The average molecular weight is 1230 g/mol. The highest BCUT2D eigenvalue weighted by Gasteiger charge is 2.30. The number of hydrogen-bond donors (Lipinski definition) is 3. The van der Waals surface area contributed by atoms with Gasteiger partial charge in [-0.1, -0.05) is 272 Å². The third kappa shape index (κ3) is 58.8. The van der Waals surface area contributed by atoms with Gasteiger partial charge in [0.15, 0.2) is 12.2 Å². The molecule has 2 unspecified atom stereocenters. The molecule has 17 nitrogen and oxygen atoms in total. The summed E-state index contributed by atoms with van der Waals surface area (Å²) in [7, 11) is -9.88. The monoisotopic (exact) mass is 1230 g/mol. The van der Waals surface area contributed by atoms with E-state index in [-0.39, 0.29) is 25.7 Å². The highest BCUT2D eigenvalue weighted by molar-refractivity contribution is 7.47. The van der Waals surface area contributed by atoms with Crippen LogP contribution in [0.2, 0.25) is 0 Å². The second-order valence-corrected chi connectivity index (χ2v) is 26.5. The molecule has 0 radical (unpaired) electrons. The maximum atomic E-state index is 13.0. The Kier molecular flexibility index (Phi) is 56.4. The number of rotatable bonds is 64. The van der Waals surface area contributed by atoms with Crippen LogP contribution in [0.1, 0.15) is 324 Å². The molecule has 0 aliphatic rings. The van der Waals surface area contributed by atoms with Crippen LogP contribution in [0.15, 0.2) is 0 Å². The number of carbonyl (C=O) groups is 4. The fourth-order valence-corrected chi connectivity index (χ4v) is 11.2. The Labute approximate surface area is 505 Å². The van der Waals surface area contributed by atoms with E-state index in [9.17, 15) is 43.2 Å². The molecule has 0 saturated carbocycles. The number of phosphoric acid groups is 2. The second kappa shape index (κ2) is 57.8. The lowest BCUT2D eigenvalue weighted by Crippen LogP contribution is -2.30. The SMILES string of the molecule is CCCCCCCCCCCCCCCC(=O)OC[C@H](COP(=O)(O)OC[C@@H](O)COP(=O)(O)OC[C@@H](COC(=O)CCCCCCCCCC)OC(=O)CCCCCCCCC(C)C)OC(=O)CCCCCCCCCCCCCCC. The first-order chi connectivity index (χ1) is 40.0. The fraction of sp³-hybridized carbons (Fsp3) is 0.938. The lowest BCUT2D eigenvalue weighted by atomic mass is 10.0. The summed E-state index contributed by atoms with van der Waals surface area (Å²) in [5.41, 5.74) is 0.